The summed E-state index contributed by atoms with van der Waals surface area (Å²) in [5.41, 5.74) is 1.13. The molecule has 1 aliphatic rings. The van der Waals surface area contributed by atoms with Crippen LogP contribution in [0.4, 0.5) is 5.13 Å². The maximum Gasteiger partial charge on any atom is 0.226 e. The number of aromatic nitrogens is 1. The molecule has 0 spiro atoms. The molecule has 23 heavy (non-hydrogen) atoms. The highest BCUT2D eigenvalue weighted by molar-refractivity contribution is 7.15. The molecule has 0 radical (unpaired) electrons. The van der Waals surface area contributed by atoms with E-state index >= 15 is 0 Å². The van der Waals surface area contributed by atoms with Crippen LogP contribution in [0.5, 0.6) is 5.75 Å². The minimum Gasteiger partial charge on any atom is -0.490 e. The highest BCUT2D eigenvalue weighted by Gasteiger charge is 2.16. The Bertz CT molecular complexity index is 663. The second-order valence-corrected chi connectivity index (χ2v) is 7.23. The van der Waals surface area contributed by atoms with Crippen LogP contribution in [0.25, 0.3) is 0 Å². The number of carbonyl (C=O) groups is 1. The molecule has 1 heterocycles. The van der Waals surface area contributed by atoms with Crippen LogP contribution >= 0.6 is 11.3 Å². The number of benzene rings is 1. The van der Waals surface area contributed by atoms with Gasteiger partial charge in [0.05, 0.1) is 6.10 Å². The van der Waals surface area contributed by atoms with Crippen molar-refractivity contribution in [2.45, 2.75) is 51.6 Å². The molecule has 1 amide bonds. The van der Waals surface area contributed by atoms with E-state index in [0.717, 1.165) is 29.0 Å². The normalized spacial score (nSPS) is 14.8. The second-order valence-electron chi connectivity index (χ2n) is 6.00. The fourth-order valence-electron chi connectivity index (χ4n) is 2.83. The van der Waals surface area contributed by atoms with Crippen molar-refractivity contribution < 1.29 is 9.53 Å². The summed E-state index contributed by atoms with van der Waals surface area (Å²) in [6, 6.07) is 8.10. The van der Waals surface area contributed by atoms with Crippen LogP contribution in [-0.2, 0) is 11.2 Å². The van der Waals surface area contributed by atoms with Gasteiger partial charge in [-0.3, -0.25) is 4.79 Å². The van der Waals surface area contributed by atoms with E-state index < -0.39 is 0 Å². The van der Waals surface area contributed by atoms with Gasteiger partial charge < -0.3 is 10.1 Å². The van der Waals surface area contributed by atoms with Crippen molar-refractivity contribution in [1.29, 1.82) is 0 Å². The number of carbonyl (C=O) groups excluding carboxylic acids is 1. The number of anilines is 1. The van der Waals surface area contributed by atoms with Crippen LogP contribution < -0.4 is 10.1 Å². The molecule has 0 aliphatic heterocycles. The van der Waals surface area contributed by atoms with Crippen molar-refractivity contribution in [2.24, 2.45) is 0 Å². The molecule has 4 nitrogen and oxygen atoms in total. The fraction of sp³-hybridized carbons (Fsp3) is 0.444. The van der Waals surface area contributed by atoms with Gasteiger partial charge in [0.1, 0.15) is 5.75 Å². The van der Waals surface area contributed by atoms with Crippen molar-refractivity contribution in [1.82, 2.24) is 4.98 Å². The molecule has 122 valence electrons. The van der Waals surface area contributed by atoms with Gasteiger partial charge in [-0.2, -0.15) is 0 Å². The Labute approximate surface area is 140 Å². The number of rotatable bonds is 6. The van der Waals surface area contributed by atoms with Gasteiger partial charge in [-0.1, -0.05) is 12.1 Å². The van der Waals surface area contributed by atoms with Crippen LogP contribution in [0.2, 0.25) is 0 Å². The molecule has 1 saturated carbocycles. The van der Waals surface area contributed by atoms with E-state index in [9.17, 15) is 4.79 Å². The summed E-state index contributed by atoms with van der Waals surface area (Å²) in [6.45, 7) is 1.98. The van der Waals surface area contributed by atoms with Crippen LogP contribution in [0.1, 0.15) is 42.5 Å². The summed E-state index contributed by atoms with van der Waals surface area (Å²) < 4.78 is 6.01. The zero-order valence-electron chi connectivity index (χ0n) is 13.4. The first-order chi connectivity index (χ1) is 11.2. The molecule has 3 rings (SSSR count). The van der Waals surface area contributed by atoms with Gasteiger partial charge >= 0.3 is 0 Å². The van der Waals surface area contributed by atoms with Gasteiger partial charge in [-0.05, 0) is 56.7 Å². The SMILES string of the molecule is Cc1cnc(NC(=O)CCc2cccc(OC3CCCC3)c2)s1. The van der Waals surface area contributed by atoms with Crippen LogP contribution in [-0.4, -0.2) is 17.0 Å². The molecule has 1 N–H and O–H groups in total. The minimum atomic E-state index is 0.00136. The van der Waals surface area contributed by atoms with Gasteiger partial charge in [0.25, 0.3) is 0 Å². The van der Waals surface area contributed by atoms with Crippen molar-refractivity contribution in [3.63, 3.8) is 0 Å². The van der Waals surface area contributed by atoms with Crippen LogP contribution in [0.3, 0.4) is 0 Å². The summed E-state index contributed by atoms with van der Waals surface area (Å²) in [4.78, 5) is 17.2. The zero-order valence-corrected chi connectivity index (χ0v) is 14.2. The summed E-state index contributed by atoms with van der Waals surface area (Å²) in [5.74, 6) is 0.923. The number of hydrogen-bond donors (Lipinski definition) is 1. The Morgan fingerprint density at radius 1 is 1.39 bits per heavy atom. The molecule has 0 bridgehead atoms. The maximum absolute atomic E-state index is 12.0. The minimum absolute atomic E-state index is 0.00136. The number of nitrogens with zero attached hydrogens (tertiary/aromatic N) is 1. The van der Waals surface area contributed by atoms with E-state index in [4.69, 9.17) is 4.74 Å². The van der Waals surface area contributed by atoms with Crippen molar-refractivity contribution in [2.75, 3.05) is 5.32 Å². The summed E-state index contributed by atoms with van der Waals surface area (Å²) in [6.07, 6.45) is 8.12. The van der Waals surface area contributed by atoms with E-state index in [1.54, 1.807) is 6.20 Å². The highest BCUT2D eigenvalue weighted by atomic mass is 32.1. The molecule has 0 saturated heterocycles. The van der Waals surface area contributed by atoms with Crippen LogP contribution in [0.15, 0.2) is 30.5 Å². The quantitative estimate of drug-likeness (QED) is 0.857. The topological polar surface area (TPSA) is 51.2 Å². The third kappa shape index (κ3) is 4.79. The molecule has 1 fully saturated rings. The van der Waals surface area contributed by atoms with E-state index in [1.165, 1.54) is 24.2 Å². The Morgan fingerprint density at radius 2 is 2.22 bits per heavy atom. The van der Waals surface area contributed by atoms with Crippen molar-refractivity contribution in [3.05, 3.63) is 40.9 Å². The van der Waals surface area contributed by atoms with Crippen molar-refractivity contribution >= 4 is 22.4 Å². The monoisotopic (exact) mass is 330 g/mol. The average Bonchev–Trinajstić information content (AvgIpc) is 3.18. The second kappa shape index (κ2) is 7.59. The number of thiazole rings is 1. The van der Waals surface area contributed by atoms with Crippen LogP contribution in [0, 0.1) is 6.92 Å². The highest BCUT2D eigenvalue weighted by Crippen LogP contribution is 2.25. The summed E-state index contributed by atoms with van der Waals surface area (Å²) >= 11 is 1.49. The van der Waals surface area contributed by atoms with Gasteiger partial charge in [0.15, 0.2) is 5.13 Å². The first kappa shape index (κ1) is 16.0. The first-order valence-corrected chi connectivity index (χ1v) is 8.98. The van der Waals surface area contributed by atoms with Gasteiger partial charge in [0.2, 0.25) is 5.91 Å². The van der Waals surface area contributed by atoms with Gasteiger partial charge in [0, 0.05) is 17.5 Å². The lowest BCUT2D eigenvalue weighted by Gasteiger charge is -2.13. The lowest BCUT2D eigenvalue weighted by Crippen LogP contribution is -2.12. The third-order valence-corrected chi connectivity index (χ3v) is 4.84. The zero-order chi connectivity index (χ0) is 16.1. The van der Waals surface area contributed by atoms with E-state index in [2.05, 4.69) is 16.4 Å². The van der Waals surface area contributed by atoms with E-state index in [-0.39, 0.29) is 5.91 Å². The predicted molar refractivity (Wildman–Crippen MR) is 93.1 cm³/mol. The molecule has 1 aliphatic carbocycles. The van der Waals surface area contributed by atoms with E-state index in [0.29, 0.717) is 24.1 Å². The Kier molecular flexibility index (Phi) is 5.28. The number of aryl methyl sites for hydroxylation is 2. The van der Waals surface area contributed by atoms with Gasteiger partial charge in [-0.15, -0.1) is 11.3 Å². The smallest absolute Gasteiger partial charge is 0.226 e. The largest absolute Gasteiger partial charge is 0.490 e. The summed E-state index contributed by atoms with van der Waals surface area (Å²) in [7, 11) is 0. The lowest BCUT2D eigenvalue weighted by molar-refractivity contribution is -0.116. The molecule has 1 aromatic heterocycles. The molecular weight excluding hydrogens is 308 g/mol. The lowest BCUT2D eigenvalue weighted by atomic mass is 10.1. The third-order valence-electron chi connectivity index (χ3n) is 4.01. The fourth-order valence-corrected chi connectivity index (χ4v) is 3.51. The number of hydrogen-bond acceptors (Lipinski definition) is 4. The number of nitrogens with one attached hydrogen (secondary N) is 1. The Morgan fingerprint density at radius 3 is 2.96 bits per heavy atom. The van der Waals surface area contributed by atoms with E-state index in [1.807, 2.05) is 25.1 Å². The molecule has 0 atom stereocenters. The molecular formula is C18H22N2O2S. The Balaban J connectivity index is 1.50. The number of ether oxygens (including phenoxy) is 1. The molecule has 1 aromatic carbocycles. The number of amides is 1. The van der Waals surface area contributed by atoms with Gasteiger partial charge in [-0.25, -0.2) is 4.98 Å². The molecule has 2 aromatic rings. The standard InChI is InChI=1S/C18H22N2O2S/c1-13-12-19-18(23-13)20-17(21)10-9-14-5-4-8-16(11-14)22-15-6-2-3-7-15/h4-5,8,11-12,15H,2-3,6-7,9-10H2,1H3,(H,19,20,21). The van der Waals surface area contributed by atoms with Crippen molar-refractivity contribution in [3.8, 4) is 5.75 Å². The molecule has 0 unspecified atom stereocenters. The predicted octanol–water partition coefficient (Wildman–Crippen LogP) is 4.34. The molecule has 5 heteroatoms. The Hall–Kier alpha value is -1.88. The summed E-state index contributed by atoms with van der Waals surface area (Å²) in [5, 5.41) is 3.52. The maximum atomic E-state index is 12.0. The first-order valence-electron chi connectivity index (χ1n) is 8.17. The average molecular weight is 330 g/mol.